The molecule has 4 N–H and O–H groups in total. The number of primary amides is 1. The van der Waals surface area contributed by atoms with Gasteiger partial charge >= 0.3 is 6.98 Å². The normalized spacial score (nSPS) is 11.4. The minimum absolute atomic E-state index is 0.103. The highest BCUT2D eigenvalue weighted by Gasteiger charge is 2.26. The number of nitrogen functional groups attached to an aromatic ring is 1. The highest BCUT2D eigenvalue weighted by atomic mass is 19.4. The molecule has 0 aromatic heterocycles. The second kappa shape index (κ2) is 3.24. The Morgan fingerprint density at radius 1 is 1.29 bits per heavy atom. The summed E-state index contributed by atoms with van der Waals surface area (Å²) in [7, 11) is 0. The molecule has 0 aliphatic heterocycles. The number of hydrogen-bond acceptors (Lipinski definition) is 2. The molecule has 1 aromatic carbocycles. The molecule has 3 nitrogen and oxygen atoms in total. The van der Waals surface area contributed by atoms with Gasteiger partial charge in [0.2, 0.25) is 0 Å². The molecule has 0 heterocycles. The lowest BCUT2D eigenvalue weighted by Crippen LogP contribution is -2.34. The van der Waals surface area contributed by atoms with Crippen molar-refractivity contribution in [3.8, 4) is 0 Å². The number of nitrogens with two attached hydrogens (primary N) is 2. The molecule has 0 saturated heterocycles. The summed E-state index contributed by atoms with van der Waals surface area (Å²) in [5.74, 6) is -0.844. The molecule has 76 valence electrons. The van der Waals surface area contributed by atoms with Crippen LogP contribution in [0.5, 0.6) is 0 Å². The average Bonchev–Trinajstić information content (AvgIpc) is 2.01. The van der Waals surface area contributed by atoms with Gasteiger partial charge in [-0.1, -0.05) is 18.2 Å². The van der Waals surface area contributed by atoms with Crippen LogP contribution in [-0.4, -0.2) is 12.9 Å². The second-order valence-electron chi connectivity index (χ2n) is 2.79. The Balaban J connectivity index is 3.20. The smallest absolute Gasteiger partial charge is 0.445 e. The van der Waals surface area contributed by atoms with Crippen molar-refractivity contribution in [2.24, 2.45) is 5.73 Å². The fraction of sp³-hybridized carbons (Fsp3) is 0. The van der Waals surface area contributed by atoms with Crippen LogP contribution in [-0.2, 0) is 0 Å². The summed E-state index contributed by atoms with van der Waals surface area (Å²) < 4.78 is 36.6. The number of benzene rings is 1. The van der Waals surface area contributed by atoms with E-state index in [0.29, 0.717) is 6.07 Å². The molecule has 1 aromatic rings. The van der Waals surface area contributed by atoms with Crippen LogP contribution in [0, 0.1) is 0 Å². The topological polar surface area (TPSA) is 69.1 Å². The van der Waals surface area contributed by atoms with Gasteiger partial charge in [0, 0.05) is 5.69 Å². The van der Waals surface area contributed by atoms with Crippen LogP contribution in [0.1, 0.15) is 10.4 Å². The number of amides is 1. The van der Waals surface area contributed by atoms with E-state index >= 15 is 0 Å². The highest BCUT2D eigenvalue weighted by Crippen LogP contribution is 2.14. The molecule has 0 saturated carbocycles. The fourth-order valence-electron chi connectivity index (χ4n) is 1.01. The number of carbonyl (C=O) groups excluding carboxylic acids is 1. The third-order valence-corrected chi connectivity index (χ3v) is 1.72. The molecule has 7 heteroatoms. The average molecular weight is 203 g/mol. The summed E-state index contributed by atoms with van der Waals surface area (Å²) in [5, 5.41) is 0. The number of anilines is 1. The van der Waals surface area contributed by atoms with Crippen LogP contribution in [0.4, 0.5) is 18.6 Å². The zero-order valence-corrected chi connectivity index (χ0v) is 7.01. The SMILES string of the molecule is NC(=O)c1ccc([B-](F)(F)F)cc1N. The maximum atomic E-state index is 12.2. The summed E-state index contributed by atoms with van der Waals surface area (Å²) in [6, 6.07) is 2.47. The minimum atomic E-state index is -5.09. The van der Waals surface area contributed by atoms with Gasteiger partial charge in [0.25, 0.3) is 5.91 Å². The van der Waals surface area contributed by atoms with E-state index in [1.165, 1.54) is 0 Å². The summed E-state index contributed by atoms with van der Waals surface area (Å²) >= 11 is 0. The zero-order chi connectivity index (χ0) is 10.9. The quantitative estimate of drug-likeness (QED) is 0.540. The number of halogens is 3. The van der Waals surface area contributed by atoms with E-state index in [-0.39, 0.29) is 11.3 Å². The van der Waals surface area contributed by atoms with Gasteiger partial charge in [-0.05, 0) is 0 Å². The second-order valence-corrected chi connectivity index (χ2v) is 2.79. The van der Waals surface area contributed by atoms with Crippen LogP contribution in [0.15, 0.2) is 18.2 Å². The highest BCUT2D eigenvalue weighted by molar-refractivity contribution is 6.73. The third-order valence-electron chi connectivity index (χ3n) is 1.72. The Hall–Kier alpha value is -1.66. The van der Waals surface area contributed by atoms with Crippen molar-refractivity contribution in [3.63, 3.8) is 0 Å². The van der Waals surface area contributed by atoms with Gasteiger partial charge in [-0.2, -0.15) is 0 Å². The lowest BCUT2D eigenvalue weighted by Gasteiger charge is -2.15. The minimum Gasteiger partial charge on any atom is -0.445 e. The first kappa shape index (κ1) is 10.4. The van der Waals surface area contributed by atoms with Crippen molar-refractivity contribution < 1.29 is 17.7 Å². The van der Waals surface area contributed by atoms with Crippen molar-refractivity contribution in [1.29, 1.82) is 0 Å². The molecule has 0 fully saturated rings. The molecule has 0 unspecified atom stereocenters. The van der Waals surface area contributed by atoms with E-state index in [2.05, 4.69) is 0 Å². The molecule has 14 heavy (non-hydrogen) atoms. The molecule has 0 bridgehead atoms. The predicted octanol–water partition coefficient (Wildman–Crippen LogP) is 0.422. The first-order chi connectivity index (χ1) is 6.32. The lowest BCUT2D eigenvalue weighted by molar-refractivity contribution is 0.100. The molecule has 0 radical (unpaired) electrons. The molecular weight excluding hydrogens is 196 g/mol. The summed E-state index contributed by atoms with van der Waals surface area (Å²) in [6.07, 6.45) is 0. The predicted molar refractivity (Wildman–Crippen MR) is 48.1 cm³/mol. The molecule has 0 aliphatic carbocycles. The molecule has 1 rings (SSSR count). The summed E-state index contributed by atoms with van der Waals surface area (Å²) in [6.45, 7) is -5.09. The number of hydrogen-bond donors (Lipinski definition) is 2. The van der Waals surface area contributed by atoms with Gasteiger partial charge < -0.3 is 24.4 Å². The molecule has 0 atom stereocenters. The van der Waals surface area contributed by atoms with E-state index in [1.807, 2.05) is 0 Å². The van der Waals surface area contributed by atoms with Crippen molar-refractivity contribution >= 4 is 24.0 Å². The maximum Gasteiger partial charge on any atom is 0.509 e. The molecule has 1 amide bonds. The lowest BCUT2D eigenvalue weighted by atomic mass is 9.79. The molecule has 0 aliphatic rings. The van der Waals surface area contributed by atoms with Crippen LogP contribution in [0.3, 0.4) is 0 Å². The monoisotopic (exact) mass is 203 g/mol. The van der Waals surface area contributed by atoms with Crippen molar-refractivity contribution in [2.45, 2.75) is 0 Å². The molecule has 0 spiro atoms. The Morgan fingerprint density at radius 2 is 1.86 bits per heavy atom. The van der Waals surface area contributed by atoms with E-state index in [4.69, 9.17) is 11.5 Å². The van der Waals surface area contributed by atoms with Gasteiger partial charge in [-0.25, -0.2) is 0 Å². The van der Waals surface area contributed by atoms with Gasteiger partial charge in [-0.15, -0.1) is 5.46 Å². The van der Waals surface area contributed by atoms with E-state index in [9.17, 15) is 17.7 Å². The van der Waals surface area contributed by atoms with Crippen molar-refractivity contribution in [2.75, 3.05) is 5.73 Å². The number of rotatable bonds is 2. The van der Waals surface area contributed by atoms with Crippen LogP contribution in [0.25, 0.3) is 0 Å². The summed E-state index contributed by atoms with van der Waals surface area (Å²) in [5.41, 5.74) is 8.91. The first-order valence-electron chi connectivity index (χ1n) is 3.71. The van der Waals surface area contributed by atoms with Crippen LogP contribution < -0.4 is 16.9 Å². The van der Waals surface area contributed by atoms with Crippen molar-refractivity contribution in [1.82, 2.24) is 0 Å². The Bertz CT molecular complexity index is 378. The Morgan fingerprint density at radius 3 is 2.21 bits per heavy atom. The molecular formula is C7H7BF3N2O-. The Labute approximate surface area is 77.9 Å². The van der Waals surface area contributed by atoms with Crippen LogP contribution in [0.2, 0.25) is 0 Å². The first-order valence-corrected chi connectivity index (χ1v) is 3.71. The fourth-order valence-corrected chi connectivity index (χ4v) is 1.01. The van der Waals surface area contributed by atoms with E-state index in [0.717, 1.165) is 12.1 Å². The Kier molecular flexibility index (Phi) is 2.42. The standard InChI is InChI=1S/C7H7BF3N2O/c9-8(10,11)4-1-2-5(7(13)14)6(12)3-4/h1-3H,12H2,(H2,13,14)/q-1. The third kappa shape index (κ3) is 1.98. The van der Waals surface area contributed by atoms with E-state index in [1.54, 1.807) is 0 Å². The van der Waals surface area contributed by atoms with E-state index < -0.39 is 18.3 Å². The van der Waals surface area contributed by atoms with Crippen molar-refractivity contribution in [3.05, 3.63) is 23.8 Å². The maximum absolute atomic E-state index is 12.2. The van der Waals surface area contributed by atoms with Gasteiger partial charge in [0.15, 0.2) is 0 Å². The van der Waals surface area contributed by atoms with Gasteiger partial charge in [-0.3, -0.25) is 4.79 Å². The van der Waals surface area contributed by atoms with Crippen LogP contribution >= 0.6 is 0 Å². The zero-order valence-electron chi connectivity index (χ0n) is 7.01. The van der Waals surface area contributed by atoms with Gasteiger partial charge in [0.1, 0.15) is 0 Å². The largest absolute Gasteiger partial charge is 0.509 e. The van der Waals surface area contributed by atoms with Gasteiger partial charge in [0.05, 0.1) is 5.56 Å². The number of carbonyl (C=O) groups is 1. The summed E-state index contributed by atoms with van der Waals surface area (Å²) in [4.78, 5) is 10.6.